The molecule has 3 rings (SSSR count). The first kappa shape index (κ1) is 17.6. The highest BCUT2D eigenvalue weighted by atomic mass is 16.5. The lowest BCUT2D eigenvalue weighted by molar-refractivity contribution is -0.139. The normalized spacial score (nSPS) is 12.2. The Hall–Kier alpha value is -3.22. The van der Waals surface area contributed by atoms with Crippen LogP contribution in [0.2, 0.25) is 0 Å². The van der Waals surface area contributed by atoms with Gasteiger partial charge in [-0.1, -0.05) is 23.4 Å². The first-order valence-corrected chi connectivity index (χ1v) is 8.12. The maximum Gasteiger partial charge on any atom is 0.330 e. The third kappa shape index (κ3) is 3.15. The van der Waals surface area contributed by atoms with Gasteiger partial charge in [0.25, 0.3) is 11.6 Å². The summed E-state index contributed by atoms with van der Waals surface area (Å²) in [6.45, 7) is 7.28. The zero-order chi connectivity index (χ0) is 19.0. The molecule has 0 aliphatic carbocycles. The van der Waals surface area contributed by atoms with Crippen LogP contribution in [-0.4, -0.2) is 27.1 Å². The van der Waals surface area contributed by atoms with Crippen molar-refractivity contribution in [1.29, 1.82) is 0 Å². The Kier molecular flexibility index (Phi) is 4.46. The van der Waals surface area contributed by atoms with Crippen LogP contribution >= 0.6 is 0 Å². The van der Waals surface area contributed by atoms with Crippen LogP contribution in [0.1, 0.15) is 44.5 Å². The molecule has 1 atom stereocenters. The lowest BCUT2D eigenvalue weighted by Gasteiger charge is -2.16. The van der Waals surface area contributed by atoms with Crippen molar-refractivity contribution in [2.24, 2.45) is 0 Å². The Morgan fingerprint density at radius 3 is 2.50 bits per heavy atom. The number of aromatic nitrogens is 2. The average Bonchev–Trinajstić information content (AvgIpc) is 2.95. The summed E-state index contributed by atoms with van der Waals surface area (Å²) >= 11 is 0. The number of nitrogens with zero attached hydrogens (tertiary/aromatic N) is 2. The van der Waals surface area contributed by atoms with E-state index in [-0.39, 0.29) is 5.71 Å². The molecule has 26 heavy (non-hydrogen) atoms. The zero-order valence-electron chi connectivity index (χ0n) is 15.0. The summed E-state index contributed by atoms with van der Waals surface area (Å²) in [5.74, 6) is -1.65. The molecule has 0 aliphatic rings. The lowest BCUT2D eigenvalue weighted by Crippen LogP contribution is -2.34. The number of fused-ring (bicyclic) bond motifs is 1. The summed E-state index contributed by atoms with van der Waals surface area (Å²) in [6.07, 6.45) is 0. The Balaban J connectivity index is 2.00. The standard InChI is InChI=1S/C19H19N3O4/c1-9-5-6-13(7-10(9)2)16(19(24)25)21-17(23)14-8-11(3)20-18-15(14)12(4)22-26-18/h5-8,16H,1-4H3,(H,21,23)(H,24,25). The lowest BCUT2D eigenvalue weighted by atomic mass is 10.0. The minimum absolute atomic E-state index is 0.255. The van der Waals surface area contributed by atoms with Crippen LogP contribution in [0.3, 0.4) is 0 Å². The van der Waals surface area contributed by atoms with E-state index < -0.39 is 17.9 Å². The third-order valence-corrected chi connectivity index (χ3v) is 4.38. The van der Waals surface area contributed by atoms with Crippen molar-refractivity contribution < 1.29 is 19.2 Å². The van der Waals surface area contributed by atoms with Gasteiger partial charge in [-0.05, 0) is 50.5 Å². The maximum atomic E-state index is 12.8. The molecule has 7 heteroatoms. The van der Waals surface area contributed by atoms with Gasteiger partial charge < -0.3 is 14.9 Å². The van der Waals surface area contributed by atoms with Gasteiger partial charge in [-0.2, -0.15) is 0 Å². The number of carboxylic acid groups (broad SMARTS) is 1. The van der Waals surface area contributed by atoms with Crippen molar-refractivity contribution in [3.63, 3.8) is 0 Å². The predicted molar refractivity (Wildman–Crippen MR) is 95.0 cm³/mol. The second-order valence-electron chi connectivity index (χ2n) is 6.35. The predicted octanol–water partition coefficient (Wildman–Crippen LogP) is 3.01. The number of carbonyl (C=O) groups excluding carboxylic acids is 1. The van der Waals surface area contributed by atoms with E-state index >= 15 is 0 Å². The Morgan fingerprint density at radius 1 is 1.12 bits per heavy atom. The summed E-state index contributed by atoms with van der Waals surface area (Å²) in [7, 11) is 0. The molecular weight excluding hydrogens is 334 g/mol. The van der Waals surface area contributed by atoms with Gasteiger partial charge in [-0.25, -0.2) is 9.78 Å². The van der Waals surface area contributed by atoms with Crippen LogP contribution in [0.4, 0.5) is 0 Å². The van der Waals surface area contributed by atoms with Crippen molar-refractivity contribution in [2.75, 3.05) is 0 Å². The fourth-order valence-electron chi connectivity index (χ4n) is 2.84. The average molecular weight is 353 g/mol. The van der Waals surface area contributed by atoms with E-state index in [0.717, 1.165) is 11.1 Å². The number of hydrogen-bond donors (Lipinski definition) is 2. The summed E-state index contributed by atoms with van der Waals surface area (Å²) < 4.78 is 5.13. The Morgan fingerprint density at radius 2 is 1.85 bits per heavy atom. The molecule has 0 fully saturated rings. The van der Waals surface area contributed by atoms with Crippen molar-refractivity contribution in [3.8, 4) is 0 Å². The van der Waals surface area contributed by atoms with Gasteiger partial charge in [-0.15, -0.1) is 0 Å². The van der Waals surface area contributed by atoms with Crippen LogP contribution in [0.5, 0.6) is 0 Å². The van der Waals surface area contributed by atoms with E-state index in [0.29, 0.717) is 27.9 Å². The van der Waals surface area contributed by atoms with Crippen molar-refractivity contribution in [2.45, 2.75) is 33.7 Å². The van der Waals surface area contributed by atoms with Gasteiger partial charge in [0.05, 0.1) is 16.6 Å². The molecule has 0 bridgehead atoms. The van der Waals surface area contributed by atoms with Gasteiger partial charge in [0.15, 0.2) is 6.04 Å². The smallest absolute Gasteiger partial charge is 0.330 e. The first-order chi connectivity index (χ1) is 12.3. The Bertz CT molecular complexity index is 1020. The number of benzene rings is 1. The maximum absolute atomic E-state index is 12.8. The van der Waals surface area contributed by atoms with Gasteiger partial charge in [0.2, 0.25) is 0 Å². The van der Waals surface area contributed by atoms with Crippen LogP contribution < -0.4 is 5.32 Å². The molecule has 2 heterocycles. The third-order valence-electron chi connectivity index (χ3n) is 4.38. The van der Waals surface area contributed by atoms with E-state index in [2.05, 4.69) is 15.5 Å². The molecule has 1 aromatic carbocycles. The molecule has 0 radical (unpaired) electrons. The SMILES string of the molecule is Cc1cc(C(=O)NC(C(=O)O)c2ccc(C)c(C)c2)c2c(C)noc2n1. The second kappa shape index (κ2) is 6.59. The largest absolute Gasteiger partial charge is 0.479 e. The Labute approximate surface area is 150 Å². The molecule has 0 saturated carbocycles. The van der Waals surface area contributed by atoms with Gasteiger partial charge in [0, 0.05) is 5.69 Å². The monoisotopic (exact) mass is 353 g/mol. The van der Waals surface area contributed by atoms with E-state index in [1.54, 1.807) is 32.0 Å². The van der Waals surface area contributed by atoms with Crippen molar-refractivity contribution in [1.82, 2.24) is 15.5 Å². The van der Waals surface area contributed by atoms with Crippen LogP contribution in [0.25, 0.3) is 11.1 Å². The number of carbonyl (C=O) groups is 2. The number of carboxylic acids is 1. The summed E-state index contributed by atoms with van der Waals surface area (Å²) in [5.41, 5.74) is 4.17. The number of aryl methyl sites for hydroxylation is 4. The highest BCUT2D eigenvalue weighted by molar-refractivity contribution is 6.07. The van der Waals surface area contributed by atoms with Gasteiger partial charge >= 0.3 is 5.97 Å². The van der Waals surface area contributed by atoms with E-state index in [1.165, 1.54) is 0 Å². The molecule has 1 amide bonds. The minimum Gasteiger partial charge on any atom is -0.479 e. The summed E-state index contributed by atoms with van der Waals surface area (Å²) in [4.78, 5) is 28.8. The number of aliphatic carboxylic acids is 1. The van der Waals surface area contributed by atoms with E-state index in [1.807, 2.05) is 19.9 Å². The molecule has 134 valence electrons. The highest BCUT2D eigenvalue weighted by Gasteiger charge is 2.25. The number of rotatable bonds is 4. The number of amides is 1. The van der Waals surface area contributed by atoms with Gasteiger partial charge in [-0.3, -0.25) is 4.79 Å². The second-order valence-corrected chi connectivity index (χ2v) is 6.35. The summed E-state index contributed by atoms with van der Waals surface area (Å²) in [5, 5.41) is 16.5. The molecule has 0 aliphatic heterocycles. The molecule has 0 saturated heterocycles. The number of pyridine rings is 1. The van der Waals surface area contributed by atoms with Crippen LogP contribution in [-0.2, 0) is 4.79 Å². The fourth-order valence-corrected chi connectivity index (χ4v) is 2.84. The topological polar surface area (TPSA) is 105 Å². The van der Waals surface area contributed by atoms with Crippen LogP contribution in [0, 0.1) is 27.7 Å². The van der Waals surface area contributed by atoms with E-state index in [4.69, 9.17) is 4.52 Å². The van der Waals surface area contributed by atoms with Gasteiger partial charge in [0.1, 0.15) is 0 Å². The first-order valence-electron chi connectivity index (χ1n) is 8.12. The molecule has 7 nitrogen and oxygen atoms in total. The molecule has 2 N–H and O–H groups in total. The number of hydrogen-bond acceptors (Lipinski definition) is 5. The van der Waals surface area contributed by atoms with Crippen LogP contribution in [0.15, 0.2) is 28.8 Å². The zero-order valence-corrected chi connectivity index (χ0v) is 15.0. The molecule has 3 aromatic rings. The quantitative estimate of drug-likeness (QED) is 0.747. The van der Waals surface area contributed by atoms with Crippen molar-refractivity contribution in [3.05, 3.63) is 57.9 Å². The summed E-state index contributed by atoms with van der Waals surface area (Å²) in [6, 6.07) is 5.75. The molecule has 0 spiro atoms. The highest BCUT2D eigenvalue weighted by Crippen LogP contribution is 2.23. The molecule has 1 unspecified atom stereocenters. The van der Waals surface area contributed by atoms with E-state index in [9.17, 15) is 14.7 Å². The molecular formula is C19H19N3O4. The minimum atomic E-state index is -1.16. The fraction of sp³-hybridized carbons (Fsp3) is 0.263. The molecule has 2 aromatic heterocycles. The number of nitrogens with one attached hydrogen (secondary N) is 1. The van der Waals surface area contributed by atoms with Crippen molar-refractivity contribution >= 4 is 23.0 Å².